The molecule has 0 spiro atoms. The van der Waals surface area contributed by atoms with E-state index in [9.17, 15) is 17.6 Å². The molecule has 0 aliphatic carbocycles. The molecule has 1 amide bonds. The first-order chi connectivity index (χ1) is 11.9. The molecule has 0 unspecified atom stereocenters. The van der Waals surface area contributed by atoms with E-state index in [1.807, 2.05) is 18.2 Å². The summed E-state index contributed by atoms with van der Waals surface area (Å²) in [6, 6.07) is 12.1. The molecular weight excluding hydrogens is 458 g/mol. The van der Waals surface area contributed by atoms with Crippen LogP contribution in [0.15, 0.2) is 53.4 Å². The van der Waals surface area contributed by atoms with E-state index in [0.29, 0.717) is 18.7 Å². The van der Waals surface area contributed by atoms with E-state index in [1.54, 1.807) is 11.0 Å². The maximum Gasteiger partial charge on any atom is 0.255 e. The van der Waals surface area contributed by atoms with Crippen molar-refractivity contribution in [2.24, 2.45) is 0 Å². The molecular formula is C17H16FIN2O3S. The summed E-state index contributed by atoms with van der Waals surface area (Å²) in [5.41, 5.74) is 0.623. The lowest BCUT2D eigenvalue weighted by atomic mass is 10.2. The second kappa shape index (κ2) is 7.38. The molecule has 2 aromatic carbocycles. The Morgan fingerprint density at radius 3 is 2.16 bits per heavy atom. The first-order valence-corrected chi connectivity index (χ1v) is 10.2. The quantitative estimate of drug-likeness (QED) is 0.643. The number of amides is 1. The molecule has 1 aliphatic rings. The van der Waals surface area contributed by atoms with Gasteiger partial charge in [-0.15, -0.1) is 0 Å². The molecule has 2 aromatic rings. The largest absolute Gasteiger partial charge is 0.336 e. The van der Waals surface area contributed by atoms with Gasteiger partial charge in [0, 0.05) is 29.7 Å². The van der Waals surface area contributed by atoms with Crippen LogP contribution < -0.4 is 0 Å². The number of hydrogen-bond acceptors (Lipinski definition) is 3. The number of sulfonamides is 1. The van der Waals surface area contributed by atoms with Gasteiger partial charge in [0.15, 0.2) is 0 Å². The fraction of sp³-hybridized carbons (Fsp3) is 0.235. The number of nitrogens with zero attached hydrogens (tertiary/aromatic N) is 2. The molecule has 3 rings (SSSR count). The molecule has 1 fully saturated rings. The van der Waals surface area contributed by atoms with E-state index in [2.05, 4.69) is 22.6 Å². The highest BCUT2D eigenvalue weighted by Gasteiger charge is 2.30. The highest BCUT2D eigenvalue weighted by atomic mass is 127. The molecule has 0 bridgehead atoms. The van der Waals surface area contributed by atoms with Crippen LogP contribution in [0.3, 0.4) is 0 Å². The van der Waals surface area contributed by atoms with Gasteiger partial charge < -0.3 is 4.90 Å². The van der Waals surface area contributed by atoms with Crippen molar-refractivity contribution < 1.29 is 17.6 Å². The van der Waals surface area contributed by atoms with Gasteiger partial charge in [0.2, 0.25) is 10.0 Å². The standard InChI is InChI=1S/C17H16FIN2O3S/c18-13-5-7-14(8-6-13)25(23,24)21-11-9-20(10-12-21)17(22)15-3-1-2-4-16(15)19/h1-8H,9-12H2. The van der Waals surface area contributed by atoms with Crippen molar-refractivity contribution in [1.82, 2.24) is 9.21 Å². The van der Waals surface area contributed by atoms with E-state index in [0.717, 1.165) is 15.7 Å². The average Bonchev–Trinajstić information content (AvgIpc) is 2.62. The smallest absolute Gasteiger partial charge is 0.255 e. The molecule has 0 N–H and O–H groups in total. The summed E-state index contributed by atoms with van der Waals surface area (Å²) in [6.45, 7) is 1.08. The van der Waals surface area contributed by atoms with Crippen LogP contribution in [-0.4, -0.2) is 49.7 Å². The van der Waals surface area contributed by atoms with Gasteiger partial charge in [0.05, 0.1) is 10.5 Å². The van der Waals surface area contributed by atoms with Crippen molar-refractivity contribution in [2.75, 3.05) is 26.2 Å². The number of piperazine rings is 1. The average molecular weight is 474 g/mol. The number of carbonyl (C=O) groups excluding carboxylic acids is 1. The third-order valence-electron chi connectivity index (χ3n) is 4.08. The lowest BCUT2D eigenvalue weighted by Gasteiger charge is -2.34. The Bertz CT molecular complexity index is 879. The normalized spacial score (nSPS) is 16.0. The van der Waals surface area contributed by atoms with Crippen molar-refractivity contribution >= 4 is 38.5 Å². The van der Waals surface area contributed by atoms with Gasteiger partial charge in [0.1, 0.15) is 5.82 Å². The van der Waals surface area contributed by atoms with Gasteiger partial charge in [-0.05, 0) is 59.0 Å². The van der Waals surface area contributed by atoms with Crippen molar-refractivity contribution in [3.63, 3.8) is 0 Å². The van der Waals surface area contributed by atoms with Crippen molar-refractivity contribution in [3.8, 4) is 0 Å². The maximum absolute atomic E-state index is 13.0. The van der Waals surface area contributed by atoms with Crippen molar-refractivity contribution in [3.05, 3.63) is 63.5 Å². The van der Waals surface area contributed by atoms with E-state index >= 15 is 0 Å². The Kier molecular flexibility index (Phi) is 5.40. The highest BCUT2D eigenvalue weighted by molar-refractivity contribution is 14.1. The zero-order chi connectivity index (χ0) is 18.0. The molecule has 0 atom stereocenters. The van der Waals surface area contributed by atoms with Crippen LogP contribution in [0.2, 0.25) is 0 Å². The summed E-state index contributed by atoms with van der Waals surface area (Å²) in [5, 5.41) is 0. The number of halogens is 2. The van der Waals surface area contributed by atoms with Gasteiger partial charge in [-0.25, -0.2) is 12.8 Å². The fourth-order valence-electron chi connectivity index (χ4n) is 2.69. The van der Waals surface area contributed by atoms with E-state index < -0.39 is 15.8 Å². The van der Waals surface area contributed by atoms with Crippen LogP contribution in [0, 0.1) is 9.39 Å². The summed E-state index contributed by atoms with van der Waals surface area (Å²) in [7, 11) is -3.67. The molecule has 1 aliphatic heterocycles. The summed E-state index contributed by atoms with van der Waals surface area (Å²) in [4.78, 5) is 14.3. The lowest BCUT2D eigenvalue weighted by Crippen LogP contribution is -2.50. The van der Waals surface area contributed by atoms with Crippen molar-refractivity contribution in [1.29, 1.82) is 0 Å². The molecule has 5 nitrogen and oxygen atoms in total. The number of hydrogen-bond donors (Lipinski definition) is 0. The monoisotopic (exact) mass is 474 g/mol. The SMILES string of the molecule is O=C(c1ccccc1I)N1CCN(S(=O)(=O)c2ccc(F)cc2)CC1. The Morgan fingerprint density at radius 1 is 0.960 bits per heavy atom. The van der Waals surface area contributed by atoms with Crippen LogP contribution in [-0.2, 0) is 10.0 Å². The lowest BCUT2D eigenvalue weighted by molar-refractivity contribution is 0.0697. The molecule has 0 aromatic heterocycles. The highest BCUT2D eigenvalue weighted by Crippen LogP contribution is 2.20. The van der Waals surface area contributed by atoms with Gasteiger partial charge in [-0.1, -0.05) is 12.1 Å². The van der Waals surface area contributed by atoms with Crippen LogP contribution in [0.4, 0.5) is 4.39 Å². The summed E-state index contributed by atoms with van der Waals surface area (Å²) in [6.07, 6.45) is 0. The van der Waals surface area contributed by atoms with Crippen LogP contribution in [0.5, 0.6) is 0 Å². The van der Waals surface area contributed by atoms with E-state index in [-0.39, 0.29) is 23.9 Å². The van der Waals surface area contributed by atoms with Crippen LogP contribution in [0.1, 0.15) is 10.4 Å². The minimum atomic E-state index is -3.67. The maximum atomic E-state index is 13.0. The number of carbonyl (C=O) groups is 1. The third kappa shape index (κ3) is 3.85. The van der Waals surface area contributed by atoms with E-state index in [4.69, 9.17) is 0 Å². The first kappa shape index (κ1) is 18.3. The second-order valence-corrected chi connectivity index (χ2v) is 8.73. The Labute approximate surface area is 159 Å². The second-order valence-electron chi connectivity index (χ2n) is 5.63. The Hall–Kier alpha value is -1.52. The minimum absolute atomic E-state index is 0.0614. The van der Waals surface area contributed by atoms with Crippen LogP contribution in [0.25, 0.3) is 0 Å². The number of rotatable bonds is 3. The molecule has 1 saturated heterocycles. The molecule has 0 saturated carbocycles. The zero-order valence-electron chi connectivity index (χ0n) is 13.2. The zero-order valence-corrected chi connectivity index (χ0v) is 16.2. The summed E-state index contributed by atoms with van der Waals surface area (Å²) >= 11 is 2.11. The summed E-state index contributed by atoms with van der Waals surface area (Å²) in [5.74, 6) is -0.573. The molecule has 8 heteroatoms. The predicted molar refractivity (Wildman–Crippen MR) is 100 cm³/mol. The first-order valence-electron chi connectivity index (χ1n) is 7.69. The minimum Gasteiger partial charge on any atom is -0.336 e. The van der Waals surface area contributed by atoms with Gasteiger partial charge in [0.25, 0.3) is 5.91 Å². The van der Waals surface area contributed by atoms with Gasteiger partial charge in [-0.3, -0.25) is 4.79 Å². The molecule has 25 heavy (non-hydrogen) atoms. The molecule has 1 heterocycles. The predicted octanol–water partition coefficient (Wildman–Crippen LogP) is 2.58. The molecule has 0 radical (unpaired) electrons. The number of benzene rings is 2. The third-order valence-corrected chi connectivity index (χ3v) is 6.94. The van der Waals surface area contributed by atoms with Crippen LogP contribution >= 0.6 is 22.6 Å². The Balaban J connectivity index is 1.70. The van der Waals surface area contributed by atoms with Gasteiger partial charge >= 0.3 is 0 Å². The van der Waals surface area contributed by atoms with E-state index in [1.165, 1.54) is 16.4 Å². The Morgan fingerprint density at radius 2 is 1.56 bits per heavy atom. The van der Waals surface area contributed by atoms with Gasteiger partial charge in [-0.2, -0.15) is 4.31 Å². The van der Waals surface area contributed by atoms with Crippen molar-refractivity contribution in [2.45, 2.75) is 4.90 Å². The molecule has 132 valence electrons. The topological polar surface area (TPSA) is 57.7 Å². The fourth-order valence-corrected chi connectivity index (χ4v) is 4.73. The summed E-state index contributed by atoms with van der Waals surface area (Å²) < 4.78 is 40.4.